The van der Waals surface area contributed by atoms with Gasteiger partial charge < -0.3 is 22.9 Å². The summed E-state index contributed by atoms with van der Waals surface area (Å²) in [5, 5.41) is 0. The van der Waals surface area contributed by atoms with Crippen molar-refractivity contribution in [1.82, 2.24) is 0 Å². The van der Waals surface area contributed by atoms with Gasteiger partial charge in [0.05, 0.1) is 0 Å². The van der Waals surface area contributed by atoms with E-state index in [9.17, 15) is 0 Å². The molecule has 8 N–H and O–H groups in total. The summed E-state index contributed by atoms with van der Waals surface area (Å²) in [6, 6.07) is 1.13. The molecule has 158 valence electrons. The molecule has 4 nitrogen and oxygen atoms in total. The molecule has 3 saturated carbocycles. The van der Waals surface area contributed by atoms with Gasteiger partial charge in [-0.05, 0) is 112 Å². The molecular weight excluding hydrogens is 332 g/mol. The summed E-state index contributed by atoms with van der Waals surface area (Å²) >= 11 is 0. The maximum absolute atomic E-state index is 6.50. The van der Waals surface area contributed by atoms with Crippen LogP contribution in [0.1, 0.15) is 90.9 Å². The Balaban J connectivity index is 1.68. The Morgan fingerprint density at radius 2 is 1.44 bits per heavy atom. The van der Waals surface area contributed by atoms with E-state index in [4.69, 9.17) is 22.9 Å². The first-order chi connectivity index (χ1) is 12.7. The van der Waals surface area contributed by atoms with Crippen molar-refractivity contribution in [3.05, 3.63) is 0 Å². The molecule has 5 atom stereocenters. The Morgan fingerprint density at radius 1 is 0.778 bits per heavy atom. The Labute approximate surface area is 167 Å². The number of rotatable bonds is 5. The van der Waals surface area contributed by atoms with Crippen LogP contribution in [0.4, 0.5) is 0 Å². The van der Waals surface area contributed by atoms with Crippen molar-refractivity contribution in [2.24, 2.45) is 51.5 Å². The van der Waals surface area contributed by atoms with Gasteiger partial charge in [-0.1, -0.05) is 13.8 Å². The van der Waals surface area contributed by atoms with Gasteiger partial charge in [-0.15, -0.1) is 0 Å². The summed E-state index contributed by atoms with van der Waals surface area (Å²) in [4.78, 5) is 0. The Morgan fingerprint density at radius 3 is 2.07 bits per heavy atom. The molecule has 0 amide bonds. The first-order valence-corrected chi connectivity index (χ1v) is 11.7. The van der Waals surface area contributed by atoms with Crippen LogP contribution in [0.2, 0.25) is 0 Å². The SMILES string of the molecule is CC1(C)CC(N)CC(CN)(CC2CC(N)CCC2CC2CCC(N)CC2)C1. The van der Waals surface area contributed by atoms with Gasteiger partial charge in [-0.25, -0.2) is 0 Å². The molecule has 0 heterocycles. The lowest BCUT2D eigenvalue weighted by molar-refractivity contribution is 0.0267. The van der Waals surface area contributed by atoms with E-state index in [-0.39, 0.29) is 5.41 Å². The van der Waals surface area contributed by atoms with Crippen molar-refractivity contribution in [3.8, 4) is 0 Å². The van der Waals surface area contributed by atoms with Crippen LogP contribution >= 0.6 is 0 Å². The van der Waals surface area contributed by atoms with E-state index in [1.165, 1.54) is 64.2 Å². The van der Waals surface area contributed by atoms with Gasteiger partial charge in [0, 0.05) is 18.1 Å². The zero-order valence-electron chi connectivity index (χ0n) is 18.0. The van der Waals surface area contributed by atoms with E-state index in [1.54, 1.807) is 0 Å². The number of hydrogen-bond donors (Lipinski definition) is 4. The Bertz CT molecular complexity index is 471. The normalized spacial score (nSPS) is 45.6. The van der Waals surface area contributed by atoms with E-state index in [2.05, 4.69) is 13.8 Å². The average molecular weight is 379 g/mol. The summed E-state index contributed by atoms with van der Waals surface area (Å²) in [7, 11) is 0. The summed E-state index contributed by atoms with van der Waals surface area (Å²) in [5.41, 5.74) is 26.0. The largest absolute Gasteiger partial charge is 0.330 e. The first-order valence-electron chi connectivity index (χ1n) is 11.7. The van der Waals surface area contributed by atoms with Gasteiger partial charge in [0.15, 0.2) is 0 Å². The predicted octanol–water partition coefficient (Wildman–Crippen LogP) is 3.51. The second-order valence-electron chi connectivity index (χ2n) is 11.5. The molecule has 0 saturated heterocycles. The molecule has 0 aromatic heterocycles. The van der Waals surface area contributed by atoms with Crippen LogP contribution in [0.3, 0.4) is 0 Å². The van der Waals surface area contributed by atoms with Gasteiger partial charge in [0.2, 0.25) is 0 Å². The first kappa shape index (κ1) is 21.5. The highest BCUT2D eigenvalue weighted by atomic mass is 14.7. The van der Waals surface area contributed by atoms with Crippen molar-refractivity contribution >= 4 is 0 Å². The van der Waals surface area contributed by atoms with Crippen LogP contribution in [0, 0.1) is 28.6 Å². The highest BCUT2D eigenvalue weighted by Gasteiger charge is 2.45. The smallest absolute Gasteiger partial charge is 0.00496 e. The maximum atomic E-state index is 6.50. The average Bonchev–Trinajstić information content (AvgIpc) is 2.57. The van der Waals surface area contributed by atoms with Gasteiger partial charge >= 0.3 is 0 Å². The molecule has 0 radical (unpaired) electrons. The monoisotopic (exact) mass is 378 g/mol. The van der Waals surface area contributed by atoms with Crippen molar-refractivity contribution in [2.75, 3.05) is 6.54 Å². The third-order valence-electron chi connectivity index (χ3n) is 8.20. The minimum atomic E-state index is 0.218. The van der Waals surface area contributed by atoms with E-state index in [1.807, 2.05) is 0 Å². The highest BCUT2D eigenvalue weighted by Crippen LogP contribution is 2.51. The molecule has 3 rings (SSSR count). The molecule has 0 bridgehead atoms. The molecule has 0 aliphatic heterocycles. The van der Waals surface area contributed by atoms with Crippen LogP contribution in [0.5, 0.6) is 0 Å². The third-order valence-corrected chi connectivity index (χ3v) is 8.20. The zero-order valence-corrected chi connectivity index (χ0v) is 18.0. The molecule has 0 spiro atoms. The third kappa shape index (κ3) is 5.68. The van der Waals surface area contributed by atoms with Crippen molar-refractivity contribution < 1.29 is 0 Å². The van der Waals surface area contributed by atoms with Crippen molar-refractivity contribution in [2.45, 2.75) is 109 Å². The molecule has 3 aliphatic rings. The number of hydrogen-bond acceptors (Lipinski definition) is 4. The summed E-state index contributed by atoms with van der Waals surface area (Å²) < 4.78 is 0. The zero-order chi connectivity index (χ0) is 19.7. The summed E-state index contributed by atoms with van der Waals surface area (Å²) in [5.74, 6) is 2.44. The predicted molar refractivity (Wildman–Crippen MR) is 115 cm³/mol. The fraction of sp³-hybridized carbons (Fsp3) is 1.00. The topological polar surface area (TPSA) is 104 Å². The van der Waals surface area contributed by atoms with Crippen LogP contribution < -0.4 is 22.9 Å². The highest BCUT2D eigenvalue weighted by molar-refractivity contribution is 4.99. The van der Waals surface area contributed by atoms with E-state index < -0.39 is 0 Å². The fourth-order valence-corrected chi connectivity index (χ4v) is 7.22. The summed E-state index contributed by atoms with van der Waals surface area (Å²) in [6.45, 7) is 5.54. The maximum Gasteiger partial charge on any atom is 0.00496 e. The lowest BCUT2D eigenvalue weighted by Crippen LogP contribution is -2.49. The molecule has 0 aromatic carbocycles. The van der Waals surface area contributed by atoms with Crippen LogP contribution in [0.25, 0.3) is 0 Å². The molecule has 5 unspecified atom stereocenters. The lowest BCUT2D eigenvalue weighted by atomic mass is 9.57. The standard InChI is InChI=1S/C23H46N4/c1-22(2)12-21(27)13-23(14-22,15-24)11-18-10-20(26)8-5-17(18)9-16-3-6-19(25)7-4-16/h16-21H,3-15,24-27H2,1-2H3. The van der Waals surface area contributed by atoms with Crippen molar-refractivity contribution in [3.63, 3.8) is 0 Å². The van der Waals surface area contributed by atoms with Crippen molar-refractivity contribution in [1.29, 1.82) is 0 Å². The van der Waals surface area contributed by atoms with Gasteiger partial charge in [0.25, 0.3) is 0 Å². The molecule has 3 fully saturated rings. The molecule has 27 heavy (non-hydrogen) atoms. The van der Waals surface area contributed by atoms with Crippen LogP contribution in [0.15, 0.2) is 0 Å². The minimum Gasteiger partial charge on any atom is -0.330 e. The summed E-state index contributed by atoms with van der Waals surface area (Å²) in [6.07, 6.45) is 14.9. The van der Waals surface area contributed by atoms with E-state index in [0.29, 0.717) is 23.5 Å². The molecule has 0 aromatic rings. The Kier molecular flexibility index (Phi) is 6.93. The number of nitrogens with two attached hydrogens (primary N) is 4. The van der Waals surface area contributed by atoms with E-state index >= 15 is 0 Å². The molecule has 3 aliphatic carbocycles. The van der Waals surface area contributed by atoms with Crippen LogP contribution in [-0.2, 0) is 0 Å². The Hall–Kier alpha value is -0.160. The van der Waals surface area contributed by atoms with Gasteiger partial charge in [0.1, 0.15) is 0 Å². The minimum absolute atomic E-state index is 0.218. The van der Waals surface area contributed by atoms with Crippen LogP contribution in [-0.4, -0.2) is 24.7 Å². The lowest BCUT2D eigenvalue weighted by Gasteiger charge is -2.50. The van der Waals surface area contributed by atoms with Gasteiger partial charge in [-0.2, -0.15) is 0 Å². The second kappa shape index (κ2) is 8.69. The fourth-order valence-electron chi connectivity index (χ4n) is 7.22. The van der Waals surface area contributed by atoms with E-state index in [0.717, 1.165) is 37.1 Å². The second-order valence-corrected chi connectivity index (χ2v) is 11.5. The molecular formula is C23H46N4. The quantitative estimate of drug-likeness (QED) is 0.587. The molecule has 4 heteroatoms. The van der Waals surface area contributed by atoms with Gasteiger partial charge in [-0.3, -0.25) is 0 Å².